The van der Waals surface area contributed by atoms with Gasteiger partial charge < -0.3 is 15.4 Å². The number of ether oxygens (including phenoxy) is 1. The first-order chi connectivity index (χ1) is 8.97. The molecule has 4 nitrogen and oxygen atoms in total. The van der Waals surface area contributed by atoms with Gasteiger partial charge in [0.05, 0.1) is 12.3 Å². The lowest BCUT2D eigenvalue weighted by atomic mass is 9.91. The average Bonchev–Trinajstić information content (AvgIpc) is 3.07. The first-order valence-electron chi connectivity index (χ1n) is 6.93. The van der Waals surface area contributed by atoms with Crippen LogP contribution in [0.1, 0.15) is 44.2 Å². The summed E-state index contributed by atoms with van der Waals surface area (Å²) in [5.41, 5.74) is 7.09. The van der Waals surface area contributed by atoms with Crippen molar-refractivity contribution < 1.29 is 4.74 Å². The number of nitrogens with zero attached hydrogens (tertiary/aromatic N) is 2. The van der Waals surface area contributed by atoms with E-state index in [0.29, 0.717) is 12.6 Å². The molecule has 108 valence electrons. The van der Waals surface area contributed by atoms with Gasteiger partial charge in [-0.05, 0) is 12.8 Å². The van der Waals surface area contributed by atoms with Crippen molar-refractivity contribution in [3.63, 3.8) is 0 Å². The van der Waals surface area contributed by atoms with Crippen LogP contribution in [0.3, 0.4) is 0 Å². The van der Waals surface area contributed by atoms with Crippen LogP contribution in [0.4, 0.5) is 5.13 Å². The monoisotopic (exact) mass is 283 g/mol. The fourth-order valence-electron chi connectivity index (χ4n) is 2.20. The van der Waals surface area contributed by atoms with Crippen molar-refractivity contribution in [3.05, 3.63) is 10.6 Å². The third kappa shape index (κ3) is 3.46. The van der Waals surface area contributed by atoms with Crippen molar-refractivity contribution in [2.24, 2.45) is 5.73 Å². The highest BCUT2D eigenvalue weighted by atomic mass is 32.1. The summed E-state index contributed by atoms with van der Waals surface area (Å²) in [5.74, 6) is 0. The van der Waals surface area contributed by atoms with E-state index < -0.39 is 0 Å². The molecule has 1 aliphatic carbocycles. The molecule has 0 bridgehead atoms. The molecule has 1 aliphatic rings. The van der Waals surface area contributed by atoms with Crippen molar-refractivity contribution >= 4 is 16.5 Å². The van der Waals surface area contributed by atoms with Gasteiger partial charge in [-0.25, -0.2) is 4.98 Å². The zero-order valence-corrected chi connectivity index (χ0v) is 13.2. The maximum absolute atomic E-state index is 5.88. The molecular weight excluding hydrogens is 258 g/mol. The number of aromatic nitrogens is 1. The van der Waals surface area contributed by atoms with Crippen LogP contribution >= 0.6 is 11.3 Å². The first-order valence-corrected chi connectivity index (χ1v) is 7.75. The minimum atomic E-state index is 0.0555. The van der Waals surface area contributed by atoms with Gasteiger partial charge in [0.15, 0.2) is 5.13 Å². The highest BCUT2D eigenvalue weighted by Gasteiger charge is 2.32. The summed E-state index contributed by atoms with van der Waals surface area (Å²) in [6.45, 7) is 8.83. The standard InChI is InChI=1S/C14H25N3OS/c1-14(2,3)12-11(9-15)19-13(16-12)17(7-8-18-4)10-5-6-10/h10H,5-9,15H2,1-4H3. The number of hydrogen-bond donors (Lipinski definition) is 1. The number of thiazole rings is 1. The van der Waals surface area contributed by atoms with Crippen LogP contribution in [0.5, 0.6) is 0 Å². The third-order valence-electron chi connectivity index (χ3n) is 3.35. The molecule has 1 aromatic heterocycles. The number of methoxy groups -OCH3 is 1. The Morgan fingerprint density at radius 3 is 2.53 bits per heavy atom. The Bertz CT molecular complexity index is 421. The molecule has 19 heavy (non-hydrogen) atoms. The Kier molecular flexibility index (Phi) is 4.48. The second-order valence-corrected chi connectivity index (χ2v) is 7.20. The van der Waals surface area contributed by atoms with Crippen LogP contribution in [0, 0.1) is 0 Å². The van der Waals surface area contributed by atoms with E-state index in [-0.39, 0.29) is 5.41 Å². The molecule has 1 saturated carbocycles. The van der Waals surface area contributed by atoms with E-state index in [0.717, 1.165) is 24.0 Å². The zero-order valence-electron chi connectivity index (χ0n) is 12.4. The SMILES string of the molecule is COCCN(c1nc(C(C)(C)C)c(CN)s1)C1CC1. The lowest BCUT2D eigenvalue weighted by molar-refractivity contribution is 0.205. The number of anilines is 1. The van der Waals surface area contributed by atoms with Gasteiger partial charge in [-0.3, -0.25) is 0 Å². The van der Waals surface area contributed by atoms with Crippen molar-refractivity contribution in [1.82, 2.24) is 4.98 Å². The summed E-state index contributed by atoms with van der Waals surface area (Å²) in [6, 6.07) is 0.653. The van der Waals surface area contributed by atoms with E-state index in [2.05, 4.69) is 25.7 Å². The van der Waals surface area contributed by atoms with Crippen LogP contribution in [-0.2, 0) is 16.7 Å². The molecule has 1 fully saturated rings. The lowest BCUT2D eigenvalue weighted by Crippen LogP contribution is -2.29. The quantitative estimate of drug-likeness (QED) is 0.871. The summed E-state index contributed by atoms with van der Waals surface area (Å²) < 4.78 is 5.21. The molecule has 5 heteroatoms. The van der Waals surface area contributed by atoms with Crippen LogP contribution in [0.15, 0.2) is 0 Å². The van der Waals surface area contributed by atoms with E-state index in [1.165, 1.54) is 17.7 Å². The maximum atomic E-state index is 5.88. The molecule has 1 heterocycles. The van der Waals surface area contributed by atoms with Crippen molar-refractivity contribution in [2.75, 3.05) is 25.2 Å². The summed E-state index contributed by atoms with van der Waals surface area (Å²) >= 11 is 1.75. The van der Waals surface area contributed by atoms with Crippen molar-refractivity contribution in [3.8, 4) is 0 Å². The van der Waals surface area contributed by atoms with E-state index in [1.54, 1.807) is 18.4 Å². The molecule has 0 saturated heterocycles. The highest BCUT2D eigenvalue weighted by Crippen LogP contribution is 2.38. The van der Waals surface area contributed by atoms with E-state index >= 15 is 0 Å². The highest BCUT2D eigenvalue weighted by molar-refractivity contribution is 7.15. The molecule has 0 aromatic carbocycles. The van der Waals surface area contributed by atoms with E-state index in [4.69, 9.17) is 15.5 Å². The summed E-state index contributed by atoms with van der Waals surface area (Å²) in [4.78, 5) is 8.48. The van der Waals surface area contributed by atoms with Crippen LogP contribution < -0.4 is 10.6 Å². The number of nitrogens with two attached hydrogens (primary N) is 1. The zero-order chi connectivity index (χ0) is 14.0. The second kappa shape index (κ2) is 5.77. The smallest absolute Gasteiger partial charge is 0.186 e. The molecule has 0 unspecified atom stereocenters. The summed E-state index contributed by atoms with van der Waals surface area (Å²) in [6.07, 6.45) is 2.54. The van der Waals surface area contributed by atoms with Gasteiger partial charge in [0.2, 0.25) is 0 Å². The van der Waals surface area contributed by atoms with Crippen LogP contribution in [-0.4, -0.2) is 31.3 Å². The molecule has 1 aromatic rings. The molecule has 2 N–H and O–H groups in total. The average molecular weight is 283 g/mol. The van der Waals surface area contributed by atoms with E-state index in [1.807, 2.05) is 0 Å². The fourth-order valence-corrected chi connectivity index (χ4v) is 3.44. The normalized spacial score (nSPS) is 15.8. The molecule has 0 radical (unpaired) electrons. The number of rotatable bonds is 6. The Hall–Kier alpha value is -0.650. The summed E-state index contributed by atoms with van der Waals surface area (Å²) in [5, 5.41) is 1.12. The van der Waals surface area contributed by atoms with Crippen molar-refractivity contribution in [1.29, 1.82) is 0 Å². The Morgan fingerprint density at radius 1 is 1.42 bits per heavy atom. The minimum Gasteiger partial charge on any atom is -0.383 e. The Morgan fingerprint density at radius 2 is 2.11 bits per heavy atom. The third-order valence-corrected chi connectivity index (χ3v) is 4.47. The lowest BCUT2D eigenvalue weighted by Gasteiger charge is -2.21. The molecular formula is C14H25N3OS. The van der Waals surface area contributed by atoms with Crippen LogP contribution in [0.2, 0.25) is 0 Å². The van der Waals surface area contributed by atoms with Gasteiger partial charge in [-0.2, -0.15) is 0 Å². The van der Waals surface area contributed by atoms with Gasteiger partial charge in [0.1, 0.15) is 0 Å². The predicted octanol–water partition coefficient (Wildman–Crippen LogP) is 2.51. The maximum Gasteiger partial charge on any atom is 0.186 e. The predicted molar refractivity (Wildman–Crippen MR) is 80.9 cm³/mol. The minimum absolute atomic E-state index is 0.0555. The van der Waals surface area contributed by atoms with Crippen LogP contribution in [0.25, 0.3) is 0 Å². The van der Waals surface area contributed by atoms with Crippen molar-refractivity contribution in [2.45, 2.75) is 51.6 Å². The molecule has 0 amide bonds. The Labute approximate surface area is 120 Å². The topological polar surface area (TPSA) is 51.4 Å². The largest absolute Gasteiger partial charge is 0.383 e. The van der Waals surface area contributed by atoms with Gasteiger partial charge in [0, 0.05) is 36.5 Å². The fraction of sp³-hybridized carbons (Fsp3) is 0.786. The van der Waals surface area contributed by atoms with Gasteiger partial charge >= 0.3 is 0 Å². The second-order valence-electron chi connectivity index (χ2n) is 6.14. The molecule has 0 spiro atoms. The molecule has 2 rings (SSSR count). The molecule has 0 atom stereocenters. The summed E-state index contributed by atoms with van der Waals surface area (Å²) in [7, 11) is 1.75. The Balaban J connectivity index is 2.25. The van der Waals surface area contributed by atoms with Gasteiger partial charge in [0.25, 0.3) is 0 Å². The first kappa shape index (κ1) is 14.8. The van der Waals surface area contributed by atoms with Gasteiger partial charge in [-0.1, -0.05) is 20.8 Å². The molecule has 0 aliphatic heterocycles. The van der Waals surface area contributed by atoms with Gasteiger partial charge in [-0.15, -0.1) is 11.3 Å². The van der Waals surface area contributed by atoms with E-state index in [9.17, 15) is 0 Å². The number of hydrogen-bond acceptors (Lipinski definition) is 5.